The topological polar surface area (TPSA) is 56.7 Å². The monoisotopic (exact) mass is 278 g/mol. The van der Waals surface area contributed by atoms with Gasteiger partial charge in [0.1, 0.15) is 0 Å². The zero-order valence-electron chi connectivity index (χ0n) is 9.05. The van der Waals surface area contributed by atoms with Crippen molar-refractivity contribution in [1.82, 2.24) is 15.0 Å². The Hall–Kier alpha value is -1.60. The van der Waals surface area contributed by atoms with Gasteiger partial charge in [-0.25, -0.2) is 4.68 Å². The molecule has 1 aromatic carbocycles. The molecule has 0 aliphatic rings. The van der Waals surface area contributed by atoms with Crippen molar-refractivity contribution in [2.45, 2.75) is 12.7 Å². The van der Waals surface area contributed by atoms with Gasteiger partial charge in [0.25, 0.3) is 0 Å². The molecule has 0 saturated carbocycles. The van der Waals surface area contributed by atoms with Crippen LogP contribution in [0.1, 0.15) is 11.3 Å². The van der Waals surface area contributed by atoms with Crippen LogP contribution in [-0.2, 0) is 12.7 Å². The third-order valence-corrected chi connectivity index (χ3v) is 2.21. The minimum Gasteiger partial charge on any atom is -0.325 e. The van der Waals surface area contributed by atoms with Crippen LogP contribution in [0.5, 0.6) is 0 Å². The second-order valence-corrected chi connectivity index (χ2v) is 3.37. The molecular formula is C10H10ClF3N4. The van der Waals surface area contributed by atoms with E-state index in [1.165, 1.54) is 24.4 Å². The number of hydrogen-bond donors (Lipinski definition) is 1. The molecule has 2 rings (SSSR count). The molecule has 1 aromatic heterocycles. The normalized spacial score (nSPS) is 11.1. The van der Waals surface area contributed by atoms with E-state index >= 15 is 0 Å². The number of aromatic nitrogens is 3. The lowest BCUT2D eigenvalue weighted by Gasteiger charge is -2.11. The van der Waals surface area contributed by atoms with Gasteiger partial charge in [-0.1, -0.05) is 17.3 Å². The molecule has 0 unspecified atom stereocenters. The molecule has 1 heterocycles. The molecule has 18 heavy (non-hydrogen) atoms. The Kier molecular flexibility index (Phi) is 4.31. The van der Waals surface area contributed by atoms with Crippen LogP contribution in [0, 0.1) is 0 Å². The Bertz CT molecular complexity index is 524. The highest BCUT2D eigenvalue weighted by Gasteiger charge is 2.33. The van der Waals surface area contributed by atoms with E-state index in [1.54, 1.807) is 0 Å². The standard InChI is InChI=1S/C10H9F3N4.ClH/c11-10(12,13)8-3-1-2-4-9(8)17-6-7(5-14)15-16-17;/h1-4,6H,5,14H2;1H. The quantitative estimate of drug-likeness (QED) is 0.916. The van der Waals surface area contributed by atoms with Crippen molar-refractivity contribution >= 4 is 12.4 Å². The van der Waals surface area contributed by atoms with Crippen molar-refractivity contribution < 1.29 is 13.2 Å². The summed E-state index contributed by atoms with van der Waals surface area (Å²) in [5.41, 5.74) is 4.94. The summed E-state index contributed by atoms with van der Waals surface area (Å²) in [5.74, 6) is 0. The maximum absolute atomic E-state index is 12.7. The van der Waals surface area contributed by atoms with E-state index in [-0.39, 0.29) is 24.6 Å². The van der Waals surface area contributed by atoms with Crippen LogP contribution in [-0.4, -0.2) is 15.0 Å². The van der Waals surface area contributed by atoms with Gasteiger partial charge in [0.15, 0.2) is 0 Å². The van der Waals surface area contributed by atoms with Crippen LogP contribution in [0.2, 0.25) is 0 Å². The van der Waals surface area contributed by atoms with Crippen molar-refractivity contribution in [2.75, 3.05) is 0 Å². The number of hydrogen-bond acceptors (Lipinski definition) is 3. The molecule has 4 nitrogen and oxygen atoms in total. The lowest BCUT2D eigenvalue weighted by atomic mass is 10.1. The molecule has 0 spiro atoms. The molecule has 0 aliphatic carbocycles. The maximum Gasteiger partial charge on any atom is 0.418 e. The average molecular weight is 279 g/mol. The van der Waals surface area contributed by atoms with E-state index in [2.05, 4.69) is 10.3 Å². The first kappa shape index (κ1) is 14.5. The summed E-state index contributed by atoms with van der Waals surface area (Å²) in [6, 6.07) is 5.17. The Labute approximate surface area is 107 Å². The number of alkyl halides is 3. The summed E-state index contributed by atoms with van der Waals surface area (Å²) in [5, 5.41) is 7.27. The van der Waals surface area contributed by atoms with Gasteiger partial charge < -0.3 is 5.73 Å². The van der Waals surface area contributed by atoms with Crippen molar-refractivity contribution in [1.29, 1.82) is 0 Å². The Morgan fingerprint density at radius 1 is 1.22 bits per heavy atom. The lowest BCUT2D eigenvalue weighted by Crippen LogP contribution is -2.11. The number of nitrogens with zero attached hydrogens (tertiary/aromatic N) is 3. The van der Waals surface area contributed by atoms with Crippen LogP contribution >= 0.6 is 12.4 Å². The van der Waals surface area contributed by atoms with Crippen LogP contribution < -0.4 is 5.73 Å². The first-order valence-corrected chi connectivity index (χ1v) is 4.80. The molecule has 0 radical (unpaired) electrons. The Morgan fingerprint density at radius 2 is 1.89 bits per heavy atom. The van der Waals surface area contributed by atoms with Crippen LogP contribution in [0.25, 0.3) is 5.69 Å². The fraction of sp³-hybridized carbons (Fsp3) is 0.200. The molecule has 2 aromatic rings. The molecule has 98 valence electrons. The van der Waals surface area contributed by atoms with E-state index in [9.17, 15) is 13.2 Å². The van der Waals surface area contributed by atoms with Crippen LogP contribution in [0.3, 0.4) is 0 Å². The predicted molar refractivity (Wildman–Crippen MR) is 61.5 cm³/mol. The van der Waals surface area contributed by atoms with Gasteiger partial charge in [-0.05, 0) is 12.1 Å². The van der Waals surface area contributed by atoms with Gasteiger partial charge in [-0.15, -0.1) is 17.5 Å². The van der Waals surface area contributed by atoms with E-state index in [4.69, 9.17) is 5.73 Å². The highest BCUT2D eigenvalue weighted by molar-refractivity contribution is 5.85. The predicted octanol–water partition coefficient (Wildman–Crippen LogP) is 2.17. The molecule has 0 amide bonds. The molecular weight excluding hydrogens is 269 g/mol. The number of rotatable bonds is 2. The van der Waals surface area contributed by atoms with Gasteiger partial charge in [0.2, 0.25) is 0 Å². The molecule has 0 atom stereocenters. The average Bonchev–Trinajstić information content (AvgIpc) is 2.76. The summed E-state index contributed by atoms with van der Waals surface area (Å²) >= 11 is 0. The second kappa shape index (κ2) is 5.36. The van der Waals surface area contributed by atoms with Gasteiger partial charge in [-0.3, -0.25) is 0 Å². The summed E-state index contributed by atoms with van der Waals surface area (Å²) < 4.78 is 39.3. The third kappa shape index (κ3) is 2.80. The number of para-hydroxylation sites is 1. The van der Waals surface area contributed by atoms with E-state index in [1.807, 2.05) is 0 Å². The first-order chi connectivity index (χ1) is 8.02. The molecule has 0 bridgehead atoms. The smallest absolute Gasteiger partial charge is 0.325 e. The van der Waals surface area contributed by atoms with Crippen LogP contribution in [0.15, 0.2) is 30.5 Å². The fourth-order valence-corrected chi connectivity index (χ4v) is 1.42. The van der Waals surface area contributed by atoms with Gasteiger partial charge in [-0.2, -0.15) is 13.2 Å². The highest BCUT2D eigenvalue weighted by Crippen LogP contribution is 2.33. The number of halogens is 4. The Balaban J connectivity index is 0.00000162. The molecule has 8 heteroatoms. The third-order valence-electron chi connectivity index (χ3n) is 2.21. The van der Waals surface area contributed by atoms with Gasteiger partial charge in [0, 0.05) is 6.54 Å². The van der Waals surface area contributed by atoms with Crippen molar-refractivity contribution in [3.05, 3.63) is 41.7 Å². The summed E-state index contributed by atoms with van der Waals surface area (Å²) in [6.07, 6.45) is -3.05. The van der Waals surface area contributed by atoms with E-state index in [0.29, 0.717) is 5.69 Å². The first-order valence-electron chi connectivity index (χ1n) is 4.80. The molecule has 0 saturated heterocycles. The fourth-order valence-electron chi connectivity index (χ4n) is 1.42. The SMILES string of the molecule is Cl.NCc1cn(-c2ccccc2C(F)(F)F)nn1. The summed E-state index contributed by atoms with van der Waals surface area (Å²) in [6.45, 7) is 0.133. The summed E-state index contributed by atoms with van der Waals surface area (Å²) in [4.78, 5) is 0. The lowest BCUT2D eigenvalue weighted by molar-refractivity contribution is -0.137. The summed E-state index contributed by atoms with van der Waals surface area (Å²) in [7, 11) is 0. The zero-order valence-corrected chi connectivity index (χ0v) is 9.87. The Morgan fingerprint density at radius 3 is 2.44 bits per heavy atom. The van der Waals surface area contributed by atoms with Crippen molar-refractivity contribution in [2.24, 2.45) is 5.73 Å². The largest absolute Gasteiger partial charge is 0.418 e. The highest BCUT2D eigenvalue weighted by atomic mass is 35.5. The number of nitrogens with two attached hydrogens (primary N) is 1. The number of benzene rings is 1. The maximum atomic E-state index is 12.7. The molecule has 0 fully saturated rings. The van der Waals surface area contributed by atoms with Crippen LogP contribution in [0.4, 0.5) is 13.2 Å². The van der Waals surface area contributed by atoms with Gasteiger partial charge in [0.05, 0.1) is 23.1 Å². The molecule has 0 aliphatic heterocycles. The molecule has 2 N–H and O–H groups in total. The minimum atomic E-state index is -4.43. The van der Waals surface area contributed by atoms with E-state index < -0.39 is 11.7 Å². The van der Waals surface area contributed by atoms with Crippen molar-refractivity contribution in [3.63, 3.8) is 0 Å². The van der Waals surface area contributed by atoms with Gasteiger partial charge >= 0.3 is 6.18 Å². The van der Waals surface area contributed by atoms with Crippen molar-refractivity contribution in [3.8, 4) is 5.69 Å². The zero-order chi connectivity index (χ0) is 12.5. The van der Waals surface area contributed by atoms with E-state index in [0.717, 1.165) is 10.7 Å². The second-order valence-electron chi connectivity index (χ2n) is 3.37. The minimum absolute atomic E-state index is 0.